The van der Waals surface area contributed by atoms with Gasteiger partial charge in [0.05, 0.1) is 28.5 Å². The van der Waals surface area contributed by atoms with Crippen LogP contribution in [0.3, 0.4) is 0 Å². The van der Waals surface area contributed by atoms with Crippen LogP contribution in [0.1, 0.15) is 5.56 Å². The second kappa shape index (κ2) is 5.32. The minimum absolute atomic E-state index is 0.252. The molecular weight excluding hydrogens is 301 g/mol. The molecule has 4 nitrogen and oxygen atoms in total. The zero-order chi connectivity index (χ0) is 14.1. The fourth-order valence-corrected chi connectivity index (χ4v) is 2.34. The first-order valence-corrected chi connectivity index (χ1v) is 6.55. The van der Waals surface area contributed by atoms with Crippen LogP contribution in [0, 0.1) is 0 Å². The summed E-state index contributed by atoms with van der Waals surface area (Å²) in [6.07, 6.45) is 1.53. The Labute approximate surface area is 124 Å². The number of aliphatic hydroxyl groups is 1. The van der Waals surface area contributed by atoms with Crippen LogP contribution in [-0.2, 0) is 6.61 Å². The predicted molar refractivity (Wildman–Crippen MR) is 75.6 cm³/mol. The summed E-state index contributed by atoms with van der Waals surface area (Å²) in [6, 6.07) is 8.65. The van der Waals surface area contributed by atoms with Crippen LogP contribution in [0.15, 0.2) is 45.5 Å². The van der Waals surface area contributed by atoms with E-state index in [1.165, 1.54) is 6.26 Å². The molecule has 0 aliphatic heterocycles. The van der Waals surface area contributed by atoms with E-state index in [2.05, 4.69) is 5.16 Å². The largest absolute Gasteiger partial charge is 0.463 e. The van der Waals surface area contributed by atoms with E-state index < -0.39 is 0 Å². The molecule has 20 heavy (non-hydrogen) atoms. The summed E-state index contributed by atoms with van der Waals surface area (Å²) in [5.41, 5.74) is 1.53. The summed E-state index contributed by atoms with van der Waals surface area (Å²) in [6.45, 7) is -0.252. The number of furan rings is 1. The molecule has 0 saturated carbocycles. The van der Waals surface area contributed by atoms with Gasteiger partial charge in [-0.1, -0.05) is 34.4 Å². The highest BCUT2D eigenvalue weighted by Crippen LogP contribution is 2.38. The Balaban J connectivity index is 2.18. The van der Waals surface area contributed by atoms with Crippen molar-refractivity contribution in [2.45, 2.75) is 6.61 Å². The number of benzene rings is 1. The van der Waals surface area contributed by atoms with Gasteiger partial charge < -0.3 is 14.0 Å². The zero-order valence-electron chi connectivity index (χ0n) is 10.1. The molecule has 2 heterocycles. The highest BCUT2D eigenvalue weighted by molar-refractivity contribution is 6.43. The van der Waals surface area contributed by atoms with Crippen molar-refractivity contribution >= 4 is 23.2 Å². The molecular formula is C14H9Cl2NO3. The molecule has 0 saturated heterocycles. The van der Waals surface area contributed by atoms with Crippen molar-refractivity contribution in [3.63, 3.8) is 0 Å². The lowest BCUT2D eigenvalue weighted by atomic mass is 10.1. The Kier molecular flexibility index (Phi) is 3.53. The van der Waals surface area contributed by atoms with E-state index in [1.807, 2.05) is 0 Å². The van der Waals surface area contributed by atoms with Gasteiger partial charge in [-0.15, -0.1) is 0 Å². The lowest BCUT2D eigenvalue weighted by molar-refractivity contribution is 0.281. The van der Waals surface area contributed by atoms with E-state index in [0.717, 1.165) is 0 Å². The number of nitrogens with zero attached hydrogens (tertiary/aromatic N) is 1. The van der Waals surface area contributed by atoms with Gasteiger partial charge in [-0.2, -0.15) is 0 Å². The number of hydrogen-bond donors (Lipinski definition) is 1. The highest BCUT2D eigenvalue weighted by atomic mass is 35.5. The van der Waals surface area contributed by atoms with Gasteiger partial charge in [-0.05, 0) is 24.3 Å². The van der Waals surface area contributed by atoms with E-state index >= 15 is 0 Å². The third kappa shape index (κ3) is 2.12. The van der Waals surface area contributed by atoms with Crippen molar-refractivity contribution < 1.29 is 14.0 Å². The van der Waals surface area contributed by atoms with Gasteiger partial charge in [-0.3, -0.25) is 0 Å². The van der Waals surface area contributed by atoms with Gasteiger partial charge in [0.15, 0.2) is 17.2 Å². The van der Waals surface area contributed by atoms with Crippen molar-refractivity contribution in [1.82, 2.24) is 5.16 Å². The maximum Gasteiger partial charge on any atom is 0.174 e. The molecule has 3 rings (SSSR count). The van der Waals surface area contributed by atoms with E-state index in [1.54, 1.807) is 30.3 Å². The molecule has 3 aromatic rings. The molecule has 102 valence electrons. The number of rotatable bonds is 3. The normalized spacial score (nSPS) is 10.9. The van der Waals surface area contributed by atoms with E-state index in [4.69, 9.17) is 32.1 Å². The minimum Gasteiger partial charge on any atom is -0.463 e. The molecule has 0 radical (unpaired) electrons. The average molecular weight is 310 g/mol. The molecule has 1 N–H and O–H groups in total. The van der Waals surface area contributed by atoms with E-state index in [0.29, 0.717) is 38.4 Å². The Morgan fingerprint density at radius 2 is 2.00 bits per heavy atom. The van der Waals surface area contributed by atoms with Crippen LogP contribution in [0.4, 0.5) is 0 Å². The molecule has 0 atom stereocenters. The summed E-state index contributed by atoms with van der Waals surface area (Å²) < 4.78 is 10.6. The number of hydrogen-bond acceptors (Lipinski definition) is 4. The quantitative estimate of drug-likeness (QED) is 0.779. The third-order valence-electron chi connectivity index (χ3n) is 2.90. The van der Waals surface area contributed by atoms with Gasteiger partial charge in [-0.25, -0.2) is 0 Å². The molecule has 2 aromatic heterocycles. The number of aromatic nitrogens is 1. The number of halogens is 2. The second-order valence-corrected chi connectivity index (χ2v) is 4.86. The van der Waals surface area contributed by atoms with Gasteiger partial charge >= 0.3 is 0 Å². The smallest absolute Gasteiger partial charge is 0.174 e. The summed E-state index contributed by atoms with van der Waals surface area (Å²) in [4.78, 5) is 0. The molecule has 1 aromatic carbocycles. The topological polar surface area (TPSA) is 59.4 Å². The van der Waals surface area contributed by atoms with E-state index in [-0.39, 0.29) is 6.61 Å². The molecule has 0 spiro atoms. The lowest BCUT2D eigenvalue weighted by Gasteiger charge is -2.03. The van der Waals surface area contributed by atoms with Crippen molar-refractivity contribution in [2.24, 2.45) is 0 Å². The van der Waals surface area contributed by atoms with Crippen molar-refractivity contribution in [2.75, 3.05) is 0 Å². The monoisotopic (exact) mass is 309 g/mol. The molecule has 0 aliphatic carbocycles. The maximum absolute atomic E-state index is 9.59. The molecule has 0 aliphatic rings. The first-order chi connectivity index (χ1) is 9.72. The summed E-state index contributed by atoms with van der Waals surface area (Å²) in [5, 5.41) is 14.3. The van der Waals surface area contributed by atoms with Crippen LogP contribution >= 0.6 is 23.2 Å². The average Bonchev–Trinajstić information content (AvgIpc) is 3.09. The van der Waals surface area contributed by atoms with Gasteiger partial charge in [0.25, 0.3) is 0 Å². The van der Waals surface area contributed by atoms with Gasteiger partial charge in [0.2, 0.25) is 0 Å². The van der Waals surface area contributed by atoms with Gasteiger partial charge in [0.1, 0.15) is 0 Å². The molecule has 0 bridgehead atoms. The standard InChI is InChI=1S/C14H9Cl2NO3/c15-10-4-1-3-8(12(10)16)14-9(7-18)13(17-20-14)11-5-2-6-19-11/h1-6,18H,7H2. The first kappa shape index (κ1) is 13.2. The molecule has 0 unspecified atom stereocenters. The van der Waals surface area contributed by atoms with Crippen LogP contribution in [0.25, 0.3) is 22.8 Å². The lowest BCUT2D eigenvalue weighted by Crippen LogP contribution is -1.89. The maximum atomic E-state index is 9.59. The summed E-state index contributed by atoms with van der Waals surface area (Å²) >= 11 is 12.2. The molecule has 0 amide bonds. The Bertz CT molecular complexity index is 735. The second-order valence-electron chi connectivity index (χ2n) is 4.08. The predicted octanol–water partition coefficient (Wildman–Crippen LogP) is 4.40. The number of aliphatic hydroxyl groups excluding tert-OH is 1. The Morgan fingerprint density at radius 3 is 2.70 bits per heavy atom. The van der Waals surface area contributed by atoms with Crippen LogP contribution in [-0.4, -0.2) is 10.3 Å². The Hall–Kier alpha value is -1.75. The van der Waals surface area contributed by atoms with Crippen molar-refractivity contribution in [3.05, 3.63) is 52.2 Å². The minimum atomic E-state index is -0.252. The van der Waals surface area contributed by atoms with E-state index in [9.17, 15) is 5.11 Å². The molecule has 0 fully saturated rings. The zero-order valence-corrected chi connectivity index (χ0v) is 11.6. The first-order valence-electron chi connectivity index (χ1n) is 5.80. The summed E-state index contributed by atoms with van der Waals surface area (Å²) in [5.74, 6) is 0.897. The van der Waals surface area contributed by atoms with Crippen LogP contribution in [0.2, 0.25) is 10.0 Å². The fraction of sp³-hybridized carbons (Fsp3) is 0.0714. The van der Waals surface area contributed by atoms with Crippen molar-refractivity contribution in [3.8, 4) is 22.8 Å². The van der Waals surface area contributed by atoms with Crippen LogP contribution in [0.5, 0.6) is 0 Å². The Morgan fingerprint density at radius 1 is 1.15 bits per heavy atom. The van der Waals surface area contributed by atoms with Crippen LogP contribution < -0.4 is 0 Å². The van der Waals surface area contributed by atoms with Gasteiger partial charge in [0, 0.05) is 5.56 Å². The molecule has 6 heteroatoms. The third-order valence-corrected chi connectivity index (χ3v) is 3.72. The summed E-state index contributed by atoms with van der Waals surface area (Å²) in [7, 11) is 0. The van der Waals surface area contributed by atoms with Crippen molar-refractivity contribution in [1.29, 1.82) is 0 Å². The highest BCUT2D eigenvalue weighted by Gasteiger charge is 2.22. The fourth-order valence-electron chi connectivity index (χ4n) is 1.95. The SMILES string of the molecule is OCc1c(-c2ccco2)noc1-c1cccc(Cl)c1Cl.